The molecule has 0 amide bonds. The van der Waals surface area contributed by atoms with Gasteiger partial charge < -0.3 is 4.74 Å². The number of hydrogen-bond donors (Lipinski definition) is 0. The first kappa shape index (κ1) is 16.1. The number of hydrogen-bond acceptors (Lipinski definition) is 3. The Labute approximate surface area is 116 Å². The minimum absolute atomic E-state index is 0.0606. The number of sulfonamides is 1. The molecular formula is C11H14ClF2NO3S. The fourth-order valence-electron chi connectivity index (χ4n) is 1.49. The summed E-state index contributed by atoms with van der Waals surface area (Å²) >= 11 is 5.69. The second-order valence-corrected chi connectivity index (χ2v) is 6.10. The molecule has 0 aromatic heterocycles. The normalized spacial score (nSPS) is 12.2. The molecule has 0 spiro atoms. The van der Waals surface area contributed by atoms with E-state index < -0.39 is 23.0 Å². The van der Waals surface area contributed by atoms with Crippen molar-refractivity contribution in [1.82, 2.24) is 4.31 Å². The van der Waals surface area contributed by atoms with Crippen LogP contribution in [0.2, 0.25) is 0 Å². The van der Waals surface area contributed by atoms with Gasteiger partial charge in [0.2, 0.25) is 10.0 Å². The summed E-state index contributed by atoms with van der Waals surface area (Å²) in [6, 6.07) is 4.07. The van der Waals surface area contributed by atoms with Crippen LogP contribution in [-0.2, 0) is 15.9 Å². The minimum atomic E-state index is -3.95. The molecule has 0 radical (unpaired) electrons. The van der Waals surface area contributed by atoms with Crippen molar-refractivity contribution in [1.29, 1.82) is 0 Å². The number of ether oxygens (including phenoxy) is 1. The third-order valence-corrected chi connectivity index (χ3v) is 4.61. The van der Waals surface area contributed by atoms with Crippen LogP contribution in [0.5, 0.6) is 5.75 Å². The van der Waals surface area contributed by atoms with Gasteiger partial charge in [0.05, 0.1) is 24.4 Å². The van der Waals surface area contributed by atoms with E-state index in [0.717, 1.165) is 7.05 Å². The highest BCUT2D eigenvalue weighted by Gasteiger charge is 2.24. The van der Waals surface area contributed by atoms with E-state index in [-0.39, 0.29) is 10.8 Å². The minimum Gasteiger partial charge on any atom is -0.496 e. The lowest BCUT2D eigenvalue weighted by Crippen LogP contribution is -2.31. The molecule has 0 bridgehead atoms. The number of halogens is 3. The van der Waals surface area contributed by atoms with Crippen molar-refractivity contribution in [2.75, 3.05) is 20.7 Å². The van der Waals surface area contributed by atoms with E-state index in [1.165, 1.54) is 25.3 Å². The summed E-state index contributed by atoms with van der Waals surface area (Å²) in [6.07, 6.45) is -2.73. The smallest absolute Gasteiger partial charge is 0.252 e. The van der Waals surface area contributed by atoms with Crippen LogP contribution in [0, 0.1) is 0 Å². The Balaban J connectivity index is 3.15. The Hall–Kier alpha value is -0.920. The summed E-state index contributed by atoms with van der Waals surface area (Å²) in [5.74, 6) is 0.510. The molecule has 0 saturated carbocycles. The molecular weight excluding hydrogens is 300 g/mol. The van der Waals surface area contributed by atoms with Crippen molar-refractivity contribution in [3.8, 4) is 5.75 Å². The van der Waals surface area contributed by atoms with Crippen molar-refractivity contribution in [3.05, 3.63) is 23.8 Å². The van der Waals surface area contributed by atoms with Crippen LogP contribution in [0.1, 0.15) is 5.56 Å². The van der Waals surface area contributed by atoms with Gasteiger partial charge >= 0.3 is 0 Å². The molecule has 108 valence electrons. The van der Waals surface area contributed by atoms with Crippen LogP contribution >= 0.6 is 11.6 Å². The maximum atomic E-state index is 12.2. The predicted molar refractivity (Wildman–Crippen MR) is 68.4 cm³/mol. The highest BCUT2D eigenvalue weighted by Crippen LogP contribution is 2.25. The topological polar surface area (TPSA) is 46.6 Å². The molecule has 0 heterocycles. The first-order chi connectivity index (χ1) is 8.82. The van der Waals surface area contributed by atoms with Gasteiger partial charge in [0.15, 0.2) is 0 Å². The van der Waals surface area contributed by atoms with Crippen molar-refractivity contribution >= 4 is 21.6 Å². The molecule has 0 unspecified atom stereocenters. The summed E-state index contributed by atoms with van der Waals surface area (Å²) in [4.78, 5) is -0.0906. The lowest BCUT2D eigenvalue weighted by atomic mass is 10.2. The number of nitrogens with zero attached hydrogens (tertiary/aromatic N) is 1. The van der Waals surface area contributed by atoms with Crippen LogP contribution in [0.3, 0.4) is 0 Å². The average molecular weight is 314 g/mol. The van der Waals surface area contributed by atoms with Crippen molar-refractivity contribution < 1.29 is 21.9 Å². The summed E-state index contributed by atoms with van der Waals surface area (Å²) in [5.41, 5.74) is 0.482. The standard InChI is InChI=1S/C11H14ClF2NO3S/c1-15(7-11(13)14)19(16,17)9-3-4-10(18-2)8(5-9)6-12/h3-5,11H,6-7H2,1-2H3. The zero-order chi connectivity index (χ0) is 14.6. The highest BCUT2D eigenvalue weighted by atomic mass is 35.5. The Morgan fingerprint density at radius 3 is 2.53 bits per heavy atom. The first-order valence-electron chi connectivity index (χ1n) is 5.30. The average Bonchev–Trinajstić information content (AvgIpc) is 2.36. The molecule has 1 aromatic rings. The van der Waals surface area contributed by atoms with Gasteiger partial charge in [0.25, 0.3) is 6.43 Å². The molecule has 4 nitrogen and oxygen atoms in total. The quantitative estimate of drug-likeness (QED) is 0.757. The van der Waals surface area contributed by atoms with Gasteiger partial charge in [0, 0.05) is 12.6 Å². The van der Waals surface area contributed by atoms with Crippen LogP contribution in [0.4, 0.5) is 8.78 Å². The van der Waals surface area contributed by atoms with Gasteiger partial charge in [-0.3, -0.25) is 0 Å². The summed E-state index contributed by atoms with van der Waals surface area (Å²) < 4.78 is 54.2. The third-order valence-electron chi connectivity index (χ3n) is 2.50. The van der Waals surface area contributed by atoms with E-state index in [9.17, 15) is 17.2 Å². The fourth-order valence-corrected chi connectivity index (χ4v) is 2.90. The third kappa shape index (κ3) is 3.77. The SMILES string of the molecule is COc1ccc(S(=O)(=O)N(C)CC(F)F)cc1CCl. The summed E-state index contributed by atoms with van der Waals surface area (Å²) in [5, 5.41) is 0. The van der Waals surface area contributed by atoms with Crippen LogP contribution in [-0.4, -0.2) is 39.9 Å². The van der Waals surface area contributed by atoms with E-state index in [1.54, 1.807) is 0 Å². The lowest BCUT2D eigenvalue weighted by molar-refractivity contribution is 0.126. The first-order valence-corrected chi connectivity index (χ1v) is 7.27. The molecule has 0 atom stereocenters. The second kappa shape index (κ2) is 6.49. The number of alkyl halides is 3. The van der Waals surface area contributed by atoms with Gasteiger partial charge in [-0.1, -0.05) is 0 Å². The molecule has 0 aliphatic carbocycles. The van der Waals surface area contributed by atoms with Gasteiger partial charge in [-0.25, -0.2) is 17.2 Å². The Kier molecular flexibility index (Phi) is 5.51. The zero-order valence-corrected chi connectivity index (χ0v) is 12.0. The molecule has 0 aliphatic heterocycles. The molecule has 1 aromatic carbocycles. The predicted octanol–water partition coefficient (Wildman–Crippen LogP) is 2.32. The van der Waals surface area contributed by atoms with Gasteiger partial charge in [-0.05, 0) is 18.2 Å². The monoisotopic (exact) mass is 313 g/mol. The number of methoxy groups -OCH3 is 1. The Morgan fingerprint density at radius 2 is 2.05 bits per heavy atom. The second-order valence-electron chi connectivity index (χ2n) is 3.78. The van der Waals surface area contributed by atoms with Gasteiger partial charge in [-0.2, -0.15) is 4.31 Å². The van der Waals surface area contributed by atoms with E-state index in [1.807, 2.05) is 0 Å². The zero-order valence-electron chi connectivity index (χ0n) is 10.4. The molecule has 0 N–H and O–H groups in total. The Bertz CT molecular complexity index is 537. The van der Waals surface area contributed by atoms with E-state index in [0.29, 0.717) is 15.6 Å². The molecule has 0 fully saturated rings. The largest absolute Gasteiger partial charge is 0.496 e. The van der Waals surface area contributed by atoms with E-state index >= 15 is 0 Å². The van der Waals surface area contributed by atoms with E-state index in [2.05, 4.69) is 0 Å². The maximum Gasteiger partial charge on any atom is 0.252 e. The van der Waals surface area contributed by atoms with Crippen molar-refractivity contribution in [2.45, 2.75) is 17.2 Å². The lowest BCUT2D eigenvalue weighted by Gasteiger charge is -2.17. The highest BCUT2D eigenvalue weighted by molar-refractivity contribution is 7.89. The van der Waals surface area contributed by atoms with Gasteiger partial charge in [0.1, 0.15) is 5.75 Å². The molecule has 1 rings (SSSR count). The van der Waals surface area contributed by atoms with Crippen LogP contribution < -0.4 is 4.74 Å². The fraction of sp³-hybridized carbons (Fsp3) is 0.455. The molecule has 0 saturated heterocycles. The van der Waals surface area contributed by atoms with Crippen LogP contribution in [0.25, 0.3) is 0 Å². The van der Waals surface area contributed by atoms with Gasteiger partial charge in [-0.15, -0.1) is 11.6 Å². The van der Waals surface area contributed by atoms with E-state index in [4.69, 9.17) is 16.3 Å². The Morgan fingerprint density at radius 1 is 1.42 bits per heavy atom. The van der Waals surface area contributed by atoms with Crippen molar-refractivity contribution in [3.63, 3.8) is 0 Å². The molecule has 19 heavy (non-hydrogen) atoms. The summed E-state index contributed by atoms with van der Waals surface area (Å²) in [6.45, 7) is -0.857. The van der Waals surface area contributed by atoms with Crippen molar-refractivity contribution in [2.24, 2.45) is 0 Å². The number of rotatable bonds is 6. The molecule has 0 aliphatic rings. The number of benzene rings is 1. The van der Waals surface area contributed by atoms with Crippen LogP contribution in [0.15, 0.2) is 23.1 Å². The summed E-state index contributed by atoms with van der Waals surface area (Å²) in [7, 11) is -1.42. The molecule has 8 heteroatoms. The maximum absolute atomic E-state index is 12.2.